The third-order valence-corrected chi connectivity index (χ3v) is 10.5. The standard InChI is InChI=1S/C28H31F3N2O4S/c1-17-2-4-22(5-3-17)38(35,36)33-24-13-19(24)14-25(33)27(34)32(21-6-9-28(30,31)10-7-21)16-20-15-26-18(8-11-37-26)12-23(20)29/h2-5,12,15,19,21,24-25H,6-11,13-14,16H2,1H3/t19-,24-,25+/m1/s1. The normalized spacial score (nSPS) is 26.5. The van der Waals surface area contributed by atoms with E-state index >= 15 is 4.39 Å². The number of aryl methyl sites for hydroxylation is 1. The monoisotopic (exact) mass is 548 g/mol. The van der Waals surface area contributed by atoms with E-state index in [2.05, 4.69) is 0 Å². The van der Waals surface area contributed by atoms with Gasteiger partial charge in [-0.05, 0) is 62.8 Å². The van der Waals surface area contributed by atoms with E-state index in [1.54, 1.807) is 30.3 Å². The fourth-order valence-electron chi connectivity index (χ4n) is 6.26. The summed E-state index contributed by atoms with van der Waals surface area (Å²) in [5.41, 5.74) is 1.92. The summed E-state index contributed by atoms with van der Waals surface area (Å²) in [5, 5.41) is 0. The second kappa shape index (κ2) is 9.26. The highest BCUT2D eigenvalue weighted by Gasteiger charge is 2.60. The van der Waals surface area contributed by atoms with Gasteiger partial charge in [-0.3, -0.25) is 4.79 Å². The van der Waals surface area contributed by atoms with Crippen molar-refractivity contribution in [2.24, 2.45) is 5.92 Å². The van der Waals surface area contributed by atoms with Crippen LogP contribution in [0.5, 0.6) is 5.75 Å². The van der Waals surface area contributed by atoms with E-state index in [0.717, 1.165) is 11.1 Å². The minimum atomic E-state index is -3.96. The number of carbonyl (C=O) groups excluding carboxylic acids is 1. The molecule has 2 heterocycles. The van der Waals surface area contributed by atoms with E-state index in [0.29, 0.717) is 31.6 Å². The number of hydrogen-bond acceptors (Lipinski definition) is 4. The van der Waals surface area contributed by atoms with Crippen molar-refractivity contribution in [3.05, 3.63) is 58.9 Å². The van der Waals surface area contributed by atoms with Crippen LogP contribution >= 0.6 is 0 Å². The predicted molar refractivity (Wildman–Crippen MR) is 134 cm³/mol. The predicted octanol–water partition coefficient (Wildman–Crippen LogP) is 4.83. The summed E-state index contributed by atoms with van der Waals surface area (Å²) in [6.45, 7) is 2.20. The SMILES string of the molecule is Cc1ccc(S(=O)(=O)N2[C@@H]3C[C@@H]3C[C@H]2C(=O)N(Cc2cc3c(cc2F)CCO3)C2CCC(F)(F)CC2)cc1. The van der Waals surface area contributed by atoms with Gasteiger partial charge >= 0.3 is 0 Å². The number of fused-ring (bicyclic) bond motifs is 2. The second-order valence-electron chi connectivity index (χ2n) is 11.2. The number of halogens is 3. The first-order valence-corrected chi connectivity index (χ1v) is 14.7. The van der Waals surface area contributed by atoms with E-state index in [9.17, 15) is 22.0 Å². The fourth-order valence-corrected chi connectivity index (χ4v) is 8.11. The molecule has 2 aromatic rings. The molecule has 2 aliphatic carbocycles. The third-order valence-electron chi connectivity index (χ3n) is 8.54. The lowest BCUT2D eigenvalue weighted by molar-refractivity contribution is -0.141. The molecular weight excluding hydrogens is 517 g/mol. The van der Waals surface area contributed by atoms with Crippen molar-refractivity contribution in [3.63, 3.8) is 0 Å². The first kappa shape index (κ1) is 25.7. The maximum absolute atomic E-state index is 15.1. The molecule has 6 nitrogen and oxygen atoms in total. The number of alkyl halides is 2. The van der Waals surface area contributed by atoms with E-state index in [-0.39, 0.29) is 54.6 Å². The molecule has 6 rings (SSSR count). The number of rotatable bonds is 6. The van der Waals surface area contributed by atoms with Gasteiger partial charge in [0.2, 0.25) is 21.9 Å². The van der Waals surface area contributed by atoms with Gasteiger partial charge < -0.3 is 9.64 Å². The molecule has 4 aliphatic rings. The van der Waals surface area contributed by atoms with Gasteiger partial charge in [-0.1, -0.05) is 17.7 Å². The maximum atomic E-state index is 15.1. The van der Waals surface area contributed by atoms with Crippen LogP contribution in [0.1, 0.15) is 55.2 Å². The number of carbonyl (C=O) groups is 1. The van der Waals surface area contributed by atoms with Crippen LogP contribution in [0.2, 0.25) is 0 Å². The highest BCUT2D eigenvalue weighted by atomic mass is 32.2. The van der Waals surface area contributed by atoms with Crippen LogP contribution in [-0.2, 0) is 27.8 Å². The molecule has 38 heavy (non-hydrogen) atoms. The number of ether oxygens (including phenoxy) is 1. The van der Waals surface area contributed by atoms with Crippen LogP contribution in [0.25, 0.3) is 0 Å². The minimum absolute atomic E-state index is 0.0755. The quantitative estimate of drug-likeness (QED) is 0.519. The molecule has 0 aromatic heterocycles. The van der Waals surface area contributed by atoms with Crippen molar-refractivity contribution in [1.82, 2.24) is 9.21 Å². The minimum Gasteiger partial charge on any atom is -0.493 e. The average molecular weight is 549 g/mol. The maximum Gasteiger partial charge on any atom is 0.248 e. The Morgan fingerprint density at radius 3 is 2.55 bits per heavy atom. The second-order valence-corrected chi connectivity index (χ2v) is 13.0. The molecule has 0 spiro atoms. The summed E-state index contributed by atoms with van der Waals surface area (Å²) in [6.07, 6.45) is 1.10. The molecule has 1 amide bonds. The third kappa shape index (κ3) is 4.59. The molecule has 2 aromatic carbocycles. The van der Waals surface area contributed by atoms with Crippen LogP contribution in [0.15, 0.2) is 41.3 Å². The Hall–Kier alpha value is -2.59. The Labute approximate surface area is 220 Å². The first-order chi connectivity index (χ1) is 18.0. The van der Waals surface area contributed by atoms with Crippen LogP contribution in [0, 0.1) is 18.7 Å². The van der Waals surface area contributed by atoms with Crippen molar-refractivity contribution in [2.45, 2.75) is 87.4 Å². The molecule has 3 atom stereocenters. The number of benzene rings is 2. The van der Waals surface area contributed by atoms with Gasteiger partial charge in [0.25, 0.3) is 0 Å². The lowest BCUT2D eigenvalue weighted by atomic mass is 9.90. The number of hydrogen-bond donors (Lipinski definition) is 0. The van der Waals surface area contributed by atoms with Crippen molar-refractivity contribution in [2.75, 3.05) is 6.61 Å². The van der Waals surface area contributed by atoms with Crippen LogP contribution in [-0.4, -0.2) is 54.2 Å². The van der Waals surface area contributed by atoms with Crippen LogP contribution < -0.4 is 4.74 Å². The summed E-state index contributed by atoms with van der Waals surface area (Å²) in [6, 6.07) is 7.80. The largest absolute Gasteiger partial charge is 0.493 e. The summed E-state index contributed by atoms with van der Waals surface area (Å²) in [4.78, 5) is 15.7. The number of piperidine rings is 1. The zero-order chi connectivity index (χ0) is 26.8. The van der Waals surface area contributed by atoms with Crippen molar-refractivity contribution in [3.8, 4) is 5.75 Å². The molecule has 1 saturated heterocycles. The number of nitrogens with zero attached hydrogens (tertiary/aromatic N) is 2. The summed E-state index contributed by atoms with van der Waals surface area (Å²) >= 11 is 0. The van der Waals surface area contributed by atoms with E-state index in [1.807, 2.05) is 6.92 Å². The Morgan fingerprint density at radius 1 is 1.13 bits per heavy atom. The van der Waals surface area contributed by atoms with Gasteiger partial charge in [-0.25, -0.2) is 21.6 Å². The first-order valence-electron chi connectivity index (χ1n) is 13.3. The average Bonchev–Trinajstić information content (AvgIpc) is 3.28. The number of sulfonamides is 1. The smallest absolute Gasteiger partial charge is 0.248 e. The van der Waals surface area contributed by atoms with Gasteiger partial charge in [0.1, 0.15) is 17.6 Å². The molecule has 0 unspecified atom stereocenters. The molecule has 3 fully saturated rings. The molecule has 0 bridgehead atoms. The summed E-state index contributed by atoms with van der Waals surface area (Å²) < 4.78 is 77.4. The van der Waals surface area contributed by atoms with E-state index in [4.69, 9.17) is 4.74 Å². The molecule has 204 valence electrons. The zero-order valence-corrected chi connectivity index (χ0v) is 22.0. The van der Waals surface area contributed by atoms with Gasteiger partial charge in [0.15, 0.2) is 0 Å². The summed E-state index contributed by atoms with van der Waals surface area (Å²) in [7, 11) is -3.96. The molecular formula is C28H31F3N2O4S. The Kier molecular flexibility index (Phi) is 6.26. The lowest BCUT2D eigenvalue weighted by Crippen LogP contribution is -2.53. The van der Waals surface area contributed by atoms with E-state index < -0.39 is 39.8 Å². The lowest BCUT2D eigenvalue weighted by Gasteiger charge is -2.39. The Bertz CT molecular complexity index is 1350. The summed E-state index contributed by atoms with van der Waals surface area (Å²) in [5.74, 6) is -3.06. The van der Waals surface area contributed by atoms with Crippen molar-refractivity contribution >= 4 is 15.9 Å². The molecule has 2 aliphatic heterocycles. The Balaban J connectivity index is 1.32. The van der Waals surface area contributed by atoms with Crippen LogP contribution in [0.3, 0.4) is 0 Å². The topological polar surface area (TPSA) is 66.9 Å². The number of amides is 1. The van der Waals surface area contributed by atoms with Crippen LogP contribution in [0.4, 0.5) is 13.2 Å². The van der Waals surface area contributed by atoms with Gasteiger partial charge in [0, 0.05) is 49.0 Å². The van der Waals surface area contributed by atoms with Crippen molar-refractivity contribution < 1.29 is 31.1 Å². The van der Waals surface area contributed by atoms with Gasteiger partial charge in [0.05, 0.1) is 11.5 Å². The molecule has 0 radical (unpaired) electrons. The molecule has 10 heteroatoms. The van der Waals surface area contributed by atoms with Gasteiger partial charge in [-0.15, -0.1) is 0 Å². The van der Waals surface area contributed by atoms with E-state index in [1.165, 1.54) is 15.3 Å². The Morgan fingerprint density at radius 2 is 1.84 bits per heavy atom. The van der Waals surface area contributed by atoms with Crippen molar-refractivity contribution in [1.29, 1.82) is 0 Å². The highest BCUT2D eigenvalue weighted by Crippen LogP contribution is 2.51. The highest BCUT2D eigenvalue weighted by molar-refractivity contribution is 7.89. The fraction of sp³-hybridized carbons (Fsp3) is 0.536. The zero-order valence-electron chi connectivity index (χ0n) is 21.2. The van der Waals surface area contributed by atoms with Gasteiger partial charge in [-0.2, -0.15) is 4.31 Å². The molecule has 2 saturated carbocycles. The molecule has 0 N–H and O–H groups in total.